The number of aliphatic carboxylic acids is 1. The van der Waals surface area contributed by atoms with Crippen molar-refractivity contribution in [3.05, 3.63) is 22.8 Å². The lowest BCUT2D eigenvalue weighted by Crippen LogP contribution is -2.45. The highest BCUT2D eigenvalue weighted by molar-refractivity contribution is 6.32. The fourth-order valence-corrected chi connectivity index (χ4v) is 2.98. The van der Waals surface area contributed by atoms with Crippen LogP contribution < -0.4 is 4.74 Å². The molecular formula is C17H22ClN3O5. The van der Waals surface area contributed by atoms with Crippen LogP contribution in [0.4, 0.5) is 0 Å². The van der Waals surface area contributed by atoms with Gasteiger partial charge in [0.05, 0.1) is 24.6 Å². The number of carboxylic acid groups (broad SMARTS) is 1. The molecule has 2 amide bonds. The Morgan fingerprint density at radius 1 is 1.38 bits per heavy atom. The quantitative estimate of drug-likeness (QED) is 0.799. The van der Waals surface area contributed by atoms with Crippen LogP contribution in [-0.4, -0.2) is 71.0 Å². The first-order chi connectivity index (χ1) is 12.3. The Morgan fingerprint density at radius 2 is 2.04 bits per heavy atom. The molecule has 1 fully saturated rings. The van der Waals surface area contributed by atoms with Crippen LogP contribution in [0.15, 0.2) is 12.3 Å². The summed E-state index contributed by atoms with van der Waals surface area (Å²) in [4.78, 5) is 42.7. The monoisotopic (exact) mass is 383 g/mol. The van der Waals surface area contributed by atoms with Gasteiger partial charge in [-0.3, -0.25) is 14.4 Å². The number of amides is 2. The van der Waals surface area contributed by atoms with Gasteiger partial charge in [0.25, 0.3) is 5.91 Å². The van der Waals surface area contributed by atoms with Gasteiger partial charge < -0.3 is 19.6 Å². The number of likely N-dealkylation sites (tertiary alicyclic amines) is 1. The van der Waals surface area contributed by atoms with Gasteiger partial charge in [-0.1, -0.05) is 11.6 Å². The molecule has 0 atom stereocenters. The second-order valence-corrected chi connectivity index (χ2v) is 6.51. The summed E-state index contributed by atoms with van der Waals surface area (Å²) < 4.78 is 5.23. The summed E-state index contributed by atoms with van der Waals surface area (Å²) in [6, 6.07) is 1.46. The third-order valence-corrected chi connectivity index (χ3v) is 4.52. The summed E-state index contributed by atoms with van der Waals surface area (Å²) >= 11 is 6.04. The van der Waals surface area contributed by atoms with E-state index in [1.807, 2.05) is 0 Å². The van der Waals surface area contributed by atoms with Crippen molar-refractivity contribution in [2.75, 3.05) is 33.3 Å². The fourth-order valence-electron chi connectivity index (χ4n) is 2.76. The Hall–Kier alpha value is -2.35. The number of halogens is 1. The Morgan fingerprint density at radius 3 is 2.58 bits per heavy atom. The molecule has 2 rings (SSSR count). The van der Waals surface area contributed by atoms with Crippen LogP contribution >= 0.6 is 11.6 Å². The van der Waals surface area contributed by atoms with Gasteiger partial charge in [0.15, 0.2) is 0 Å². The maximum Gasteiger partial charge on any atom is 0.306 e. The van der Waals surface area contributed by atoms with Crippen LogP contribution in [0.2, 0.25) is 5.02 Å². The minimum absolute atomic E-state index is 0.0958. The van der Waals surface area contributed by atoms with Gasteiger partial charge in [0.2, 0.25) is 11.8 Å². The van der Waals surface area contributed by atoms with Crippen molar-refractivity contribution in [3.8, 4) is 5.88 Å². The van der Waals surface area contributed by atoms with E-state index in [9.17, 15) is 14.4 Å². The summed E-state index contributed by atoms with van der Waals surface area (Å²) in [5.74, 6) is -1.57. The molecule has 1 aliphatic heterocycles. The van der Waals surface area contributed by atoms with E-state index >= 15 is 0 Å². The smallest absolute Gasteiger partial charge is 0.306 e. The first-order valence-electron chi connectivity index (χ1n) is 8.37. The third kappa shape index (κ3) is 4.85. The molecule has 1 saturated heterocycles. The van der Waals surface area contributed by atoms with E-state index < -0.39 is 11.9 Å². The molecule has 0 radical (unpaired) electrons. The molecule has 2 heterocycles. The van der Waals surface area contributed by atoms with E-state index in [1.54, 1.807) is 11.8 Å². The minimum Gasteiger partial charge on any atom is -0.481 e. The topological polar surface area (TPSA) is 100 Å². The second kappa shape index (κ2) is 8.84. The van der Waals surface area contributed by atoms with Crippen molar-refractivity contribution in [2.45, 2.75) is 19.8 Å². The van der Waals surface area contributed by atoms with Gasteiger partial charge in [-0.25, -0.2) is 4.98 Å². The zero-order valence-corrected chi connectivity index (χ0v) is 15.5. The van der Waals surface area contributed by atoms with E-state index in [4.69, 9.17) is 21.4 Å². The zero-order chi connectivity index (χ0) is 19.3. The van der Waals surface area contributed by atoms with Crippen molar-refractivity contribution < 1.29 is 24.2 Å². The molecular weight excluding hydrogens is 362 g/mol. The highest BCUT2D eigenvalue weighted by atomic mass is 35.5. The Balaban J connectivity index is 1.93. The molecule has 142 valence electrons. The second-order valence-electron chi connectivity index (χ2n) is 6.10. The number of carbonyl (C=O) groups excluding carboxylic acids is 2. The van der Waals surface area contributed by atoms with Gasteiger partial charge in [0.1, 0.15) is 5.02 Å². The molecule has 0 bridgehead atoms. The molecule has 9 heteroatoms. The number of carbonyl (C=O) groups is 3. The van der Waals surface area contributed by atoms with Crippen molar-refractivity contribution in [1.29, 1.82) is 0 Å². The number of pyridine rings is 1. The minimum atomic E-state index is -0.829. The Labute approximate surface area is 156 Å². The predicted octanol–water partition coefficient (Wildman–Crippen LogP) is 1.53. The number of likely N-dealkylation sites (N-methyl/N-ethyl adjacent to an activating group) is 1. The van der Waals surface area contributed by atoms with Gasteiger partial charge in [-0.2, -0.15) is 0 Å². The van der Waals surface area contributed by atoms with E-state index in [0.717, 1.165) is 0 Å². The molecule has 0 aromatic carbocycles. The highest BCUT2D eigenvalue weighted by Gasteiger charge is 2.28. The lowest BCUT2D eigenvalue weighted by molar-refractivity contribution is -0.145. The molecule has 1 N–H and O–H groups in total. The number of ether oxygens (including phenoxy) is 1. The molecule has 1 aliphatic rings. The molecule has 0 unspecified atom stereocenters. The summed E-state index contributed by atoms with van der Waals surface area (Å²) in [6.07, 6.45) is 2.22. The number of piperidine rings is 1. The Kier molecular flexibility index (Phi) is 6.79. The van der Waals surface area contributed by atoms with Crippen LogP contribution in [0.5, 0.6) is 5.88 Å². The average Bonchev–Trinajstić information content (AvgIpc) is 2.62. The zero-order valence-electron chi connectivity index (χ0n) is 14.8. The van der Waals surface area contributed by atoms with Crippen LogP contribution in [0.1, 0.15) is 30.1 Å². The van der Waals surface area contributed by atoms with E-state index in [2.05, 4.69) is 4.98 Å². The summed E-state index contributed by atoms with van der Waals surface area (Å²) in [5, 5.41) is 9.23. The number of hydrogen-bond donors (Lipinski definition) is 1. The number of carboxylic acids is 1. The number of nitrogens with zero attached hydrogens (tertiary/aromatic N) is 3. The first kappa shape index (κ1) is 20.0. The molecule has 0 spiro atoms. The largest absolute Gasteiger partial charge is 0.481 e. The van der Waals surface area contributed by atoms with Gasteiger partial charge in [-0.05, 0) is 25.8 Å². The standard InChI is InChI=1S/C17H22ClN3O5/c1-3-26-15-13(18)8-12(9-19-15)16(23)20(2)10-14(22)21-6-4-11(5-7-21)17(24)25/h8-9,11H,3-7,10H2,1-2H3,(H,24,25). The molecule has 26 heavy (non-hydrogen) atoms. The molecule has 1 aromatic heterocycles. The highest BCUT2D eigenvalue weighted by Crippen LogP contribution is 2.23. The number of rotatable bonds is 6. The van der Waals surface area contributed by atoms with Crippen molar-refractivity contribution in [2.24, 2.45) is 5.92 Å². The maximum absolute atomic E-state index is 12.5. The molecule has 8 nitrogen and oxygen atoms in total. The third-order valence-electron chi connectivity index (χ3n) is 4.25. The first-order valence-corrected chi connectivity index (χ1v) is 8.75. The summed E-state index contributed by atoms with van der Waals surface area (Å²) in [6.45, 7) is 2.88. The van der Waals surface area contributed by atoms with Crippen molar-refractivity contribution in [3.63, 3.8) is 0 Å². The van der Waals surface area contributed by atoms with Gasteiger partial charge in [0, 0.05) is 26.3 Å². The summed E-state index contributed by atoms with van der Waals surface area (Å²) in [7, 11) is 1.52. The van der Waals surface area contributed by atoms with E-state index in [-0.39, 0.29) is 34.8 Å². The van der Waals surface area contributed by atoms with Crippen LogP contribution in [0.25, 0.3) is 0 Å². The molecule has 0 saturated carbocycles. The lowest BCUT2D eigenvalue weighted by Gasteiger charge is -2.31. The van der Waals surface area contributed by atoms with Crippen LogP contribution in [-0.2, 0) is 9.59 Å². The van der Waals surface area contributed by atoms with Crippen molar-refractivity contribution >= 4 is 29.4 Å². The number of hydrogen-bond acceptors (Lipinski definition) is 5. The lowest BCUT2D eigenvalue weighted by atomic mass is 9.97. The van der Waals surface area contributed by atoms with Crippen LogP contribution in [0.3, 0.4) is 0 Å². The van der Waals surface area contributed by atoms with Crippen LogP contribution in [0, 0.1) is 5.92 Å². The summed E-state index contributed by atoms with van der Waals surface area (Å²) in [5.41, 5.74) is 0.262. The predicted molar refractivity (Wildman–Crippen MR) is 94.3 cm³/mol. The SMILES string of the molecule is CCOc1ncc(C(=O)N(C)CC(=O)N2CCC(C(=O)O)CC2)cc1Cl. The molecule has 0 aliphatic carbocycles. The van der Waals surface area contributed by atoms with E-state index in [0.29, 0.717) is 32.5 Å². The Bertz CT molecular complexity index is 689. The van der Waals surface area contributed by atoms with E-state index in [1.165, 1.54) is 24.2 Å². The van der Waals surface area contributed by atoms with Crippen molar-refractivity contribution in [1.82, 2.24) is 14.8 Å². The van der Waals surface area contributed by atoms with Gasteiger partial charge >= 0.3 is 5.97 Å². The van der Waals surface area contributed by atoms with Gasteiger partial charge in [-0.15, -0.1) is 0 Å². The maximum atomic E-state index is 12.5. The average molecular weight is 384 g/mol. The number of aromatic nitrogens is 1. The fraction of sp³-hybridized carbons (Fsp3) is 0.529. The molecule has 1 aromatic rings. The normalized spacial score (nSPS) is 14.8.